The minimum Gasteiger partial charge on any atom is -0.493 e. The van der Waals surface area contributed by atoms with E-state index in [0.29, 0.717) is 18.0 Å². The van der Waals surface area contributed by atoms with E-state index in [1.54, 1.807) is 7.11 Å². The van der Waals surface area contributed by atoms with Gasteiger partial charge in [0.1, 0.15) is 0 Å². The number of hydrogen-bond donors (Lipinski definition) is 2. The van der Waals surface area contributed by atoms with Crippen LogP contribution in [0.15, 0.2) is 46.9 Å². The first-order chi connectivity index (χ1) is 12.3. The Morgan fingerprint density at radius 2 is 1.81 bits per heavy atom. The second-order valence-electron chi connectivity index (χ2n) is 6.86. The molecule has 0 radical (unpaired) electrons. The van der Waals surface area contributed by atoms with E-state index >= 15 is 0 Å². The number of halogens is 1. The largest absolute Gasteiger partial charge is 0.493 e. The monoisotopic (exact) mass is 420 g/mol. The molecule has 0 unspecified atom stereocenters. The average Bonchev–Trinajstić information content (AvgIpc) is 2.58. The highest BCUT2D eigenvalue weighted by Crippen LogP contribution is 2.36. The van der Waals surface area contributed by atoms with Crippen molar-refractivity contribution >= 4 is 27.5 Å². The van der Waals surface area contributed by atoms with Crippen LogP contribution in [-0.2, 0) is 11.3 Å². The number of para-hydroxylation sites is 1. The van der Waals surface area contributed by atoms with Crippen LogP contribution in [0.5, 0.6) is 11.5 Å². The molecule has 0 aliphatic carbocycles. The van der Waals surface area contributed by atoms with Gasteiger partial charge in [-0.3, -0.25) is 4.79 Å². The maximum atomic E-state index is 12.1. The third-order valence-corrected chi connectivity index (χ3v) is 4.24. The van der Waals surface area contributed by atoms with Crippen molar-refractivity contribution in [1.29, 1.82) is 0 Å². The highest BCUT2D eigenvalue weighted by molar-refractivity contribution is 9.10. The second kappa shape index (κ2) is 8.94. The van der Waals surface area contributed by atoms with Crippen molar-refractivity contribution in [3.05, 3.63) is 52.5 Å². The van der Waals surface area contributed by atoms with Gasteiger partial charge in [0.25, 0.3) is 5.91 Å². The summed E-state index contributed by atoms with van der Waals surface area (Å²) in [6, 6.07) is 13.6. The topological polar surface area (TPSA) is 59.6 Å². The Bertz CT molecular complexity index is 743. The summed E-state index contributed by atoms with van der Waals surface area (Å²) < 4.78 is 12.1. The number of amides is 1. The van der Waals surface area contributed by atoms with Gasteiger partial charge in [0.2, 0.25) is 0 Å². The van der Waals surface area contributed by atoms with E-state index in [2.05, 4.69) is 26.6 Å². The van der Waals surface area contributed by atoms with Crippen LogP contribution in [0.1, 0.15) is 26.3 Å². The molecule has 5 nitrogen and oxygen atoms in total. The van der Waals surface area contributed by atoms with E-state index in [1.165, 1.54) is 0 Å². The fourth-order valence-corrected chi connectivity index (χ4v) is 2.86. The molecule has 2 aromatic rings. The number of nitrogens with one attached hydrogen (secondary N) is 2. The quantitative estimate of drug-likeness (QED) is 0.698. The highest BCUT2D eigenvalue weighted by atomic mass is 79.9. The van der Waals surface area contributed by atoms with Gasteiger partial charge in [-0.25, -0.2) is 0 Å². The Morgan fingerprint density at radius 1 is 1.12 bits per heavy atom. The van der Waals surface area contributed by atoms with Gasteiger partial charge in [-0.2, -0.15) is 0 Å². The average molecular weight is 421 g/mol. The van der Waals surface area contributed by atoms with Gasteiger partial charge in [-0.1, -0.05) is 34.1 Å². The summed E-state index contributed by atoms with van der Waals surface area (Å²) in [5, 5.41) is 6.24. The summed E-state index contributed by atoms with van der Waals surface area (Å²) in [6.45, 7) is 6.24. The summed E-state index contributed by atoms with van der Waals surface area (Å²) in [6.07, 6.45) is 0. The Balaban J connectivity index is 2.17. The van der Waals surface area contributed by atoms with Crippen LogP contribution >= 0.6 is 15.9 Å². The molecule has 2 N–H and O–H groups in total. The van der Waals surface area contributed by atoms with Crippen LogP contribution in [0.25, 0.3) is 0 Å². The van der Waals surface area contributed by atoms with Crippen molar-refractivity contribution < 1.29 is 14.3 Å². The summed E-state index contributed by atoms with van der Waals surface area (Å²) in [5.41, 5.74) is 1.58. The molecule has 0 atom stereocenters. The number of carbonyl (C=O) groups excluding carboxylic acids is 1. The molecule has 2 rings (SSSR count). The number of benzene rings is 2. The molecule has 0 fully saturated rings. The molecule has 1 amide bonds. The number of carbonyl (C=O) groups is 1. The van der Waals surface area contributed by atoms with Crippen LogP contribution in [0.3, 0.4) is 0 Å². The lowest BCUT2D eigenvalue weighted by Gasteiger charge is -2.22. The van der Waals surface area contributed by atoms with Crippen molar-refractivity contribution in [3.63, 3.8) is 0 Å². The van der Waals surface area contributed by atoms with Gasteiger partial charge < -0.3 is 20.1 Å². The molecule has 2 aromatic carbocycles. The van der Waals surface area contributed by atoms with Gasteiger partial charge in [0.05, 0.1) is 7.11 Å². The van der Waals surface area contributed by atoms with E-state index in [4.69, 9.17) is 9.47 Å². The SMILES string of the molecule is COc1ccc(Br)c(CNc2ccccc2)c1OCC(=O)NC(C)(C)C. The smallest absolute Gasteiger partial charge is 0.258 e. The third-order valence-electron chi connectivity index (χ3n) is 3.49. The standard InChI is InChI=1S/C20H25BrN2O3/c1-20(2,3)23-18(24)13-26-19-15(16(21)10-11-17(19)25-4)12-22-14-8-6-5-7-9-14/h5-11,22H,12-13H2,1-4H3,(H,23,24). The lowest BCUT2D eigenvalue weighted by Crippen LogP contribution is -2.43. The van der Waals surface area contributed by atoms with Crippen LogP contribution in [0.4, 0.5) is 5.69 Å². The first kappa shape index (κ1) is 20.1. The molecule has 0 heterocycles. The molecule has 0 aromatic heterocycles. The first-order valence-corrected chi connectivity index (χ1v) is 9.17. The fraction of sp³-hybridized carbons (Fsp3) is 0.350. The summed E-state index contributed by atoms with van der Waals surface area (Å²) >= 11 is 3.56. The summed E-state index contributed by atoms with van der Waals surface area (Å²) in [4.78, 5) is 12.1. The van der Waals surface area contributed by atoms with Crippen molar-refractivity contribution in [2.75, 3.05) is 19.0 Å². The number of hydrogen-bond acceptors (Lipinski definition) is 4. The minimum absolute atomic E-state index is 0.0809. The zero-order chi connectivity index (χ0) is 19.2. The van der Waals surface area contributed by atoms with Gasteiger partial charge in [-0.05, 0) is 45.0 Å². The zero-order valence-corrected chi connectivity index (χ0v) is 17.1. The molecule has 0 saturated carbocycles. The van der Waals surface area contributed by atoms with Gasteiger partial charge >= 0.3 is 0 Å². The predicted molar refractivity (Wildman–Crippen MR) is 108 cm³/mol. The molecule has 0 aliphatic rings. The molecule has 6 heteroatoms. The fourth-order valence-electron chi connectivity index (χ4n) is 2.40. The number of rotatable bonds is 7. The number of ether oxygens (including phenoxy) is 2. The van der Waals surface area contributed by atoms with E-state index in [9.17, 15) is 4.79 Å². The first-order valence-electron chi connectivity index (χ1n) is 8.38. The number of anilines is 1. The number of methoxy groups -OCH3 is 1. The molecule has 0 bridgehead atoms. The molecule has 26 heavy (non-hydrogen) atoms. The predicted octanol–water partition coefficient (Wildman–Crippen LogP) is 4.36. The lowest BCUT2D eigenvalue weighted by atomic mass is 10.1. The van der Waals surface area contributed by atoms with Gasteiger partial charge in [-0.15, -0.1) is 0 Å². The maximum Gasteiger partial charge on any atom is 0.258 e. The second-order valence-corrected chi connectivity index (χ2v) is 7.72. The molecular formula is C20H25BrN2O3. The van der Waals surface area contributed by atoms with Crippen molar-refractivity contribution in [2.45, 2.75) is 32.9 Å². The molecule has 0 aliphatic heterocycles. The van der Waals surface area contributed by atoms with Crippen molar-refractivity contribution in [1.82, 2.24) is 5.32 Å². The minimum atomic E-state index is -0.306. The van der Waals surface area contributed by atoms with Crippen LogP contribution < -0.4 is 20.1 Å². The van der Waals surface area contributed by atoms with E-state index in [-0.39, 0.29) is 18.1 Å². The molecular weight excluding hydrogens is 396 g/mol. The molecule has 0 spiro atoms. The van der Waals surface area contributed by atoms with Gasteiger partial charge in [0.15, 0.2) is 18.1 Å². The summed E-state index contributed by atoms with van der Waals surface area (Å²) in [7, 11) is 1.58. The molecule has 0 saturated heterocycles. The lowest BCUT2D eigenvalue weighted by molar-refractivity contribution is -0.124. The summed E-state index contributed by atoms with van der Waals surface area (Å²) in [5.74, 6) is 0.956. The Kier molecular flexibility index (Phi) is 6.91. The van der Waals surface area contributed by atoms with E-state index in [0.717, 1.165) is 15.7 Å². The normalized spacial score (nSPS) is 11.0. The third kappa shape index (κ3) is 5.95. The Morgan fingerprint density at radius 3 is 2.42 bits per heavy atom. The van der Waals surface area contributed by atoms with Crippen LogP contribution in [0.2, 0.25) is 0 Å². The van der Waals surface area contributed by atoms with E-state index < -0.39 is 0 Å². The maximum absolute atomic E-state index is 12.1. The van der Waals surface area contributed by atoms with Gasteiger partial charge in [0, 0.05) is 27.8 Å². The van der Waals surface area contributed by atoms with E-state index in [1.807, 2.05) is 63.2 Å². The van der Waals surface area contributed by atoms with Crippen molar-refractivity contribution in [3.8, 4) is 11.5 Å². The highest BCUT2D eigenvalue weighted by Gasteiger charge is 2.18. The Hall–Kier alpha value is -2.21. The molecule has 140 valence electrons. The van der Waals surface area contributed by atoms with Crippen LogP contribution in [0, 0.1) is 0 Å². The zero-order valence-electron chi connectivity index (χ0n) is 15.6. The van der Waals surface area contributed by atoms with Crippen LogP contribution in [-0.4, -0.2) is 25.2 Å². The Labute approximate surface area is 163 Å². The van der Waals surface area contributed by atoms with Crippen molar-refractivity contribution in [2.24, 2.45) is 0 Å².